The topological polar surface area (TPSA) is 58.8 Å². The van der Waals surface area contributed by atoms with Crippen LogP contribution in [0.15, 0.2) is 24.3 Å². The number of ether oxygens (including phenoxy) is 1. The first-order chi connectivity index (χ1) is 10.2. The van der Waals surface area contributed by atoms with Gasteiger partial charge in [0, 0.05) is 38.8 Å². The van der Waals surface area contributed by atoms with Gasteiger partial charge in [0.15, 0.2) is 0 Å². The first-order valence-corrected chi connectivity index (χ1v) is 7.62. The molecule has 116 valence electrons. The standard InChI is InChI=1S/C16H25N3O2/c1-3-21-15-7-5-4-6-14(15)16(20)19-10-8-18(9-11-19)13(2)12-17/h4-7,13H,3,8-12,17H2,1-2H3. The number of nitrogens with two attached hydrogens (primary N) is 1. The van der Waals surface area contributed by atoms with E-state index in [1.165, 1.54) is 0 Å². The highest BCUT2D eigenvalue weighted by Crippen LogP contribution is 2.20. The summed E-state index contributed by atoms with van der Waals surface area (Å²) in [5.41, 5.74) is 6.36. The molecule has 1 amide bonds. The third kappa shape index (κ3) is 3.74. The normalized spacial score (nSPS) is 17.6. The van der Waals surface area contributed by atoms with Crippen molar-refractivity contribution in [3.63, 3.8) is 0 Å². The number of hydrogen-bond donors (Lipinski definition) is 1. The molecule has 1 aromatic carbocycles. The van der Waals surface area contributed by atoms with Crippen molar-refractivity contribution in [2.75, 3.05) is 39.3 Å². The van der Waals surface area contributed by atoms with Crippen LogP contribution in [0, 0.1) is 0 Å². The van der Waals surface area contributed by atoms with Gasteiger partial charge in [-0.2, -0.15) is 0 Å². The fraction of sp³-hybridized carbons (Fsp3) is 0.562. The zero-order chi connectivity index (χ0) is 15.2. The number of hydrogen-bond acceptors (Lipinski definition) is 4. The van der Waals surface area contributed by atoms with E-state index < -0.39 is 0 Å². The van der Waals surface area contributed by atoms with E-state index in [1.807, 2.05) is 36.1 Å². The summed E-state index contributed by atoms with van der Waals surface area (Å²) in [5.74, 6) is 0.724. The molecule has 1 fully saturated rings. The number of carbonyl (C=O) groups is 1. The Morgan fingerprint density at radius 3 is 2.57 bits per heavy atom. The highest BCUT2D eigenvalue weighted by molar-refractivity contribution is 5.97. The van der Waals surface area contributed by atoms with Crippen molar-refractivity contribution in [1.29, 1.82) is 0 Å². The fourth-order valence-electron chi connectivity index (χ4n) is 2.61. The van der Waals surface area contributed by atoms with Crippen LogP contribution in [-0.4, -0.2) is 61.1 Å². The molecule has 0 spiro atoms. The molecular formula is C16H25N3O2. The van der Waals surface area contributed by atoms with Crippen molar-refractivity contribution in [3.05, 3.63) is 29.8 Å². The Morgan fingerprint density at radius 1 is 1.29 bits per heavy atom. The van der Waals surface area contributed by atoms with Gasteiger partial charge in [0.05, 0.1) is 12.2 Å². The van der Waals surface area contributed by atoms with E-state index in [-0.39, 0.29) is 5.91 Å². The third-order valence-electron chi connectivity index (χ3n) is 3.98. The Hall–Kier alpha value is -1.59. The smallest absolute Gasteiger partial charge is 0.257 e. The van der Waals surface area contributed by atoms with Gasteiger partial charge in [-0.05, 0) is 26.0 Å². The van der Waals surface area contributed by atoms with Gasteiger partial charge in [-0.1, -0.05) is 12.1 Å². The zero-order valence-electron chi connectivity index (χ0n) is 12.9. The van der Waals surface area contributed by atoms with Crippen molar-refractivity contribution in [3.8, 4) is 5.75 Å². The van der Waals surface area contributed by atoms with Crippen molar-refractivity contribution in [2.24, 2.45) is 5.73 Å². The van der Waals surface area contributed by atoms with Crippen LogP contribution < -0.4 is 10.5 Å². The van der Waals surface area contributed by atoms with Crippen LogP contribution in [-0.2, 0) is 0 Å². The number of rotatable bonds is 5. The Kier molecular flexibility index (Phi) is 5.59. The van der Waals surface area contributed by atoms with Crippen LogP contribution in [0.3, 0.4) is 0 Å². The zero-order valence-corrected chi connectivity index (χ0v) is 12.9. The Bertz CT molecular complexity index is 470. The lowest BCUT2D eigenvalue weighted by Crippen LogP contribution is -2.52. The third-order valence-corrected chi connectivity index (χ3v) is 3.98. The number of benzene rings is 1. The van der Waals surface area contributed by atoms with Gasteiger partial charge in [0.25, 0.3) is 5.91 Å². The van der Waals surface area contributed by atoms with Crippen LogP contribution in [0.2, 0.25) is 0 Å². The number of amides is 1. The molecular weight excluding hydrogens is 266 g/mol. The minimum Gasteiger partial charge on any atom is -0.493 e. The lowest BCUT2D eigenvalue weighted by atomic mass is 10.1. The molecule has 0 bridgehead atoms. The Labute approximate surface area is 126 Å². The summed E-state index contributed by atoms with van der Waals surface area (Å²) in [4.78, 5) is 16.9. The molecule has 5 heteroatoms. The average molecular weight is 291 g/mol. The largest absolute Gasteiger partial charge is 0.493 e. The van der Waals surface area contributed by atoms with Crippen LogP contribution in [0.5, 0.6) is 5.75 Å². The van der Waals surface area contributed by atoms with Gasteiger partial charge in [-0.3, -0.25) is 9.69 Å². The summed E-state index contributed by atoms with van der Waals surface area (Å²) in [6.45, 7) is 8.50. The monoisotopic (exact) mass is 291 g/mol. The van der Waals surface area contributed by atoms with Gasteiger partial charge >= 0.3 is 0 Å². The summed E-state index contributed by atoms with van der Waals surface area (Å²) < 4.78 is 5.55. The molecule has 1 aliphatic heterocycles. The van der Waals surface area contributed by atoms with E-state index in [9.17, 15) is 4.79 Å². The van der Waals surface area contributed by atoms with Crippen LogP contribution in [0.1, 0.15) is 24.2 Å². The van der Waals surface area contributed by atoms with E-state index in [0.717, 1.165) is 26.2 Å². The molecule has 0 radical (unpaired) electrons. The molecule has 1 unspecified atom stereocenters. The minimum absolute atomic E-state index is 0.0547. The quantitative estimate of drug-likeness (QED) is 0.885. The van der Waals surface area contributed by atoms with Gasteiger partial charge < -0.3 is 15.4 Å². The molecule has 1 saturated heterocycles. The summed E-state index contributed by atoms with van der Waals surface area (Å²) in [7, 11) is 0. The number of para-hydroxylation sites is 1. The van der Waals surface area contributed by atoms with Crippen molar-refractivity contribution >= 4 is 5.91 Å². The predicted molar refractivity (Wildman–Crippen MR) is 83.6 cm³/mol. The average Bonchev–Trinajstić information content (AvgIpc) is 2.54. The molecule has 1 aromatic rings. The first kappa shape index (κ1) is 15.8. The van der Waals surface area contributed by atoms with Crippen LogP contribution >= 0.6 is 0 Å². The molecule has 5 nitrogen and oxygen atoms in total. The summed E-state index contributed by atoms with van der Waals surface area (Å²) in [5, 5.41) is 0. The van der Waals surface area contributed by atoms with E-state index >= 15 is 0 Å². The van der Waals surface area contributed by atoms with Gasteiger partial charge in [-0.25, -0.2) is 0 Å². The number of piperazine rings is 1. The summed E-state index contributed by atoms with van der Waals surface area (Å²) >= 11 is 0. The first-order valence-electron chi connectivity index (χ1n) is 7.62. The fourth-order valence-corrected chi connectivity index (χ4v) is 2.61. The van der Waals surface area contributed by atoms with Crippen molar-refractivity contribution in [1.82, 2.24) is 9.80 Å². The highest BCUT2D eigenvalue weighted by atomic mass is 16.5. The molecule has 2 N–H and O–H groups in total. The second kappa shape index (κ2) is 7.43. The number of carbonyl (C=O) groups excluding carboxylic acids is 1. The second-order valence-corrected chi connectivity index (χ2v) is 5.34. The molecule has 1 atom stereocenters. The lowest BCUT2D eigenvalue weighted by molar-refractivity contribution is 0.0585. The Balaban J connectivity index is 2.02. The van der Waals surface area contributed by atoms with E-state index in [0.29, 0.717) is 30.5 Å². The predicted octanol–water partition coefficient (Wildman–Crippen LogP) is 1.19. The highest BCUT2D eigenvalue weighted by Gasteiger charge is 2.25. The molecule has 1 aliphatic rings. The Morgan fingerprint density at radius 2 is 1.95 bits per heavy atom. The molecule has 0 aliphatic carbocycles. The van der Waals surface area contributed by atoms with Gasteiger partial charge in [0.2, 0.25) is 0 Å². The minimum atomic E-state index is 0.0547. The maximum atomic E-state index is 12.6. The second-order valence-electron chi connectivity index (χ2n) is 5.34. The van der Waals surface area contributed by atoms with E-state index in [1.54, 1.807) is 0 Å². The summed E-state index contributed by atoms with van der Waals surface area (Å²) in [6.07, 6.45) is 0. The van der Waals surface area contributed by atoms with E-state index in [2.05, 4.69) is 11.8 Å². The maximum Gasteiger partial charge on any atom is 0.257 e. The maximum absolute atomic E-state index is 12.6. The van der Waals surface area contributed by atoms with Crippen LogP contribution in [0.4, 0.5) is 0 Å². The van der Waals surface area contributed by atoms with Gasteiger partial charge in [0.1, 0.15) is 5.75 Å². The van der Waals surface area contributed by atoms with Gasteiger partial charge in [-0.15, -0.1) is 0 Å². The molecule has 0 saturated carbocycles. The molecule has 2 rings (SSSR count). The lowest BCUT2D eigenvalue weighted by Gasteiger charge is -2.37. The van der Waals surface area contributed by atoms with E-state index in [4.69, 9.17) is 10.5 Å². The molecule has 21 heavy (non-hydrogen) atoms. The molecule has 0 aromatic heterocycles. The van der Waals surface area contributed by atoms with Crippen LogP contribution in [0.25, 0.3) is 0 Å². The van der Waals surface area contributed by atoms with Crippen molar-refractivity contribution < 1.29 is 9.53 Å². The number of nitrogens with zero attached hydrogens (tertiary/aromatic N) is 2. The molecule has 1 heterocycles. The summed E-state index contributed by atoms with van der Waals surface area (Å²) in [6, 6.07) is 7.83. The van der Waals surface area contributed by atoms with Crippen molar-refractivity contribution in [2.45, 2.75) is 19.9 Å². The SMILES string of the molecule is CCOc1ccccc1C(=O)N1CCN(C(C)CN)CC1.